The van der Waals surface area contributed by atoms with Crippen molar-refractivity contribution >= 4 is 38.3 Å². The van der Waals surface area contributed by atoms with E-state index in [1.807, 2.05) is 32.0 Å². The van der Waals surface area contributed by atoms with Crippen LogP contribution in [0.25, 0.3) is 21.5 Å². The third-order valence-corrected chi connectivity index (χ3v) is 9.28. The fourth-order valence-electron chi connectivity index (χ4n) is 6.08. The number of benzene rings is 1. The van der Waals surface area contributed by atoms with Crippen molar-refractivity contribution in [3.63, 3.8) is 0 Å². The smallest absolute Gasteiger partial charge is 0.314 e. The molecule has 0 radical (unpaired) electrons. The van der Waals surface area contributed by atoms with Gasteiger partial charge in [-0.1, -0.05) is 42.5 Å². The maximum absolute atomic E-state index is 11.7. The van der Waals surface area contributed by atoms with Crippen molar-refractivity contribution in [2.75, 3.05) is 36.0 Å². The molecule has 38 heavy (non-hydrogen) atoms. The molecular formula is C28H29N5O4S. The molecule has 1 saturated carbocycles. The Hall–Kier alpha value is -3.66. The number of hydrogen-bond donors (Lipinski definition) is 2. The molecule has 196 valence electrons. The van der Waals surface area contributed by atoms with Crippen molar-refractivity contribution in [3.05, 3.63) is 47.7 Å². The van der Waals surface area contributed by atoms with Crippen LogP contribution < -0.4 is 9.80 Å². The van der Waals surface area contributed by atoms with Crippen molar-refractivity contribution in [1.29, 1.82) is 0 Å². The molecule has 3 fully saturated rings. The number of hydrogen-bond acceptors (Lipinski definition) is 9. The number of rotatable bonds is 7. The van der Waals surface area contributed by atoms with Gasteiger partial charge in [0.1, 0.15) is 16.5 Å². The summed E-state index contributed by atoms with van der Waals surface area (Å²) in [5.74, 6) is 0.277. The van der Waals surface area contributed by atoms with Gasteiger partial charge in [-0.05, 0) is 48.4 Å². The molecule has 4 aromatic rings. The molecule has 1 aromatic carbocycles. The summed E-state index contributed by atoms with van der Waals surface area (Å²) in [5, 5.41) is 35.5. The van der Waals surface area contributed by atoms with Gasteiger partial charge < -0.3 is 24.5 Å². The second-order valence-electron chi connectivity index (χ2n) is 11.4. The number of aromatic nitrogens is 3. The SMILES string of the molecule is CC(C)C(C(=O)O)c1cc(N2CC3(C2)CN(c2sc4nnc(-c5ccccc5O)cc4c2C2CC2)C3)no1. The first kappa shape index (κ1) is 23.5. The van der Waals surface area contributed by atoms with E-state index in [2.05, 4.69) is 31.2 Å². The summed E-state index contributed by atoms with van der Waals surface area (Å²) in [4.78, 5) is 17.3. The summed E-state index contributed by atoms with van der Waals surface area (Å²) in [6.45, 7) is 7.48. The van der Waals surface area contributed by atoms with Gasteiger partial charge >= 0.3 is 5.97 Å². The number of phenolic OH excluding ortho intramolecular Hbond substituents is 1. The van der Waals surface area contributed by atoms with Gasteiger partial charge in [-0.2, -0.15) is 0 Å². The normalized spacial score (nSPS) is 19.1. The third kappa shape index (κ3) is 3.73. The van der Waals surface area contributed by atoms with E-state index in [1.54, 1.807) is 23.5 Å². The van der Waals surface area contributed by atoms with Crippen LogP contribution in [0.1, 0.15) is 49.8 Å². The Morgan fingerprint density at radius 2 is 1.84 bits per heavy atom. The first-order valence-corrected chi connectivity index (χ1v) is 13.9. The molecule has 1 unspecified atom stereocenters. The van der Waals surface area contributed by atoms with Crippen molar-refractivity contribution in [1.82, 2.24) is 15.4 Å². The number of para-hydroxylation sites is 1. The Kier molecular flexibility index (Phi) is 5.20. The number of carboxylic acid groups (broad SMARTS) is 1. The number of aliphatic carboxylic acids is 1. The Morgan fingerprint density at radius 1 is 1.11 bits per heavy atom. The number of carboxylic acids is 1. The lowest BCUT2D eigenvalue weighted by molar-refractivity contribution is -0.140. The molecule has 1 atom stereocenters. The maximum atomic E-state index is 11.7. The number of fused-ring (bicyclic) bond motifs is 1. The first-order chi connectivity index (χ1) is 18.3. The lowest BCUT2D eigenvalue weighted by Crippen LogP contribution is -2.72. The van der Waals surface area contributed by atoms with Gasteiger partial charge in [0.25, 0.3) is 0 Å². The molecule has 3 aliphatic rings. The minimum Gasteiger partial charge on any atom is -0.507 e. The molecule has 0 amide bonds. The summed E-state index contributed by atoms with van der Waals surface area (Å²) in [6.07, 6.45) is 2.39. The summed E-state index contributed by atoms with van der Waals surface area (Å²) in [6, 6.07) is 11.1. The van der Waals surface area contributed by atoms with Gasteiger partial charge in [-0.3, -0.25) is 4.79 Å². The molecule has 3 aromatic heterocycles. The molecule has 9 nitrogen and oxygen atoms in total. The van der Waals surface area contributed by atoms with E-state index in [9.17, 15) is 15.0 Å². The van der Waals surface area contributed by atoms with Gasteiger partial charge in [0.2, 0.25) is 0 Å². The summed E-state index contributed by atoms with van der Waals surface area (Å²) in [7, 11) is 0. The highest BCUT2D eigenvalue weighted by Crippen LogP contribution is 2.54. The number of aromatic hydroxyl groups is 1. The predicted octanol–water partition coefficient (Wildman–Crippen LogP) is 5.08. The lowest BCUT2D eigenvalue weighted by atomic mass is 9.73. The van der Waals surface area contributed by atoms with E-state index in [1.165, 1.54) is 23.4 Å². The third-order valence-electron chi connectivity index (χ3n) is 8.11. The van der Waals surface area contributed by atoms with Gasteiger partial charge in [-0.15, -0.1) is 10.2 Å². The highest BCUT2D eigenvalue weighted by Gasteiger charge is 2.53. The second-order valence-corrected chi connectivity index (χ2v) is 12.4. The summed E-state index contributed by atoms with van der Waals surface area (Å²) >= 11 is 1.72. The molecule has 1 spiro atoms. The average molecular weight is 532 g/mol. The quantitative estimate of drug-likeness (QED) is 0.337. The van der Waals surface area contributed by atoms with Crippen LogP contribution in [0.5, 0.6) is 5.75 Å². The highest BCUT2D eigenvalue weighted by molar-refractivity contribution is 7.22. The minimum atomic E-state index is -0.885. The minimum absolute atomic E-state index is 0.0719. The molecule has 10 heteroatoms. The summed E-state index contributed by atoms with van der Waals surface area (Å²) in [5.41, 5.74) is 3.00. The fraction of sp³-hybridized carbons (Fsp3) is 0.429. The standard InChI is InChI=1S/C28H29N5O4S/c1-15(2)23(27(35)36)21-10-22(31-37-21)32-11-28(12-32)13-33(14-28)26-24(16-7-8-16)18-9-19(29-30-25(18)38-26)17-5-3-4-6-20(17)34/h3-6,9-10,15-16,23,34H,7-8,11-14H2,1-2H3,(H,35,36). The van der Waals surface area contributed by atoms with E-state index in [0.29, 0.717) is 22.9 Å². The van der Waals surface area contributed by atoms with Crippen LogP contribution in [-0.4, -0.2) is 57.7 Å². The van der Waals surface area contributed by atoms with Crippen molar-refractivity contribution in [3.8, 4) is 17.0 Å². The maximum Gasteiger partial charge on any atom is 0.314 e. The largest absolute Gasteiger partial charge is 0.507 e. The van der Waals surface area contributed by atoms with E-state index in [-0.39, 0.29) is 17.1 Å². The van der Waals surface area contributed by atoms with Crippen LogP contribution in [-0.2, 0) is 4.79 Å². The molecule has 2 saturated heterocycles. The monoisotopic (exact) mass is 531 g/mol. The zero-order valence-electron chi connectivity index (χ0n) is 21.3. The number of phenols is 1. The number of thiophene rings is 1. The molecular weight excluding hydrogens is 502 g/mol. The van der Waals surface area contributed by atoms with Crippen LogP contribution in [0.2, 0.25) is 0 Å². The number of nitrogens with zero attached hydrogens (tertiary/aromatic N) is 5. The van der Waals surface area contributed by atoms with Gasteiger partial charge in [0.05, 0.1) is 10.7 Å². The van der Waals surface area contributed by atoms with Crippen LogP contribution in [0.15, 0.2) is 40.9 Å². The van der Waals surface area contributed by atoms with Crippen molar-refractivity contribution in [2.45, 2.75) is 38.5 Å². The molecule has 7 rings (SSSR count). The molecule has 0 bridgehead atoms. The van der Waals surface area contributed by atoms with Crippen LogP contribution >= 0.6 is 11.3 Å². The number of carbonyl (C=O) groups is 1. The van der Waals surface area contributed by atoms with E-state index >= 15 is 0 Å². The van der Waals surface area contributed by atoms with Gasteiger partial charge in [0.15, 0.2) is 11.6 Å². The first-order valence-electron chi connectivity index (χ1n) is 13.1. The number of anilines is 2. The predicted molar refractivity (Wildman–Crippen MR) is 145 cm³/mol. The van der Waals surface area contributed by atoms with E-state index in [0.717, 1.165) is 42.2 Å². The highest BCUT2D eigenvalue weighted by atomic mass is 32.1. The van der Waals surface area contributed by atoms with Crippen molar-refractivity contribution in [2.24, 2.45) is 11.3 Å². The zero-order chi connectivity index (χ0) is 26.2. The van der Waals surface area contributed by atoms with Crippen LogP contribution in [0.4, 0.5) is 10.8 Å². The Labute approximate surface area is 223 Å². The van der Waals surface area contributed by atoms with E-state index in [4.69, 9.17) is 4.52 Å². The zero-order valence-corrected chi connectivity index (χ0v) is 22.1. The Bertz CT molecular complexity index is 1540. The van der Waals surface area contributed by atoms with Gasteiger partial charge in [-0.25, -0.2) is 0 Å². The Morgan fingerprint density at radius 3 is 2.53 bits per heavy atom. The Balaban J connectivity index is 1.09. The van der Waals surface area contributed by atoms with Crippen LogP contribution in [0, 0.1) is 11.3 Å². The molecule has 5 heterocycles. The van der Waals surface area contributed by atoms with E-state index < -0.39 is 11.9 Å². The van der Waals surface area contributed by atoms with Crippen LogP contribution in [0.3, 0.4) is 0 Å². The molecule has 2 N–H and O–H groups in total. The topological polar surface area (TPSA) is 116 Å². The van der Waals surface area contributed by atoms with Gasteiger partial charge in [0, 0.05) is 48.6 Å². The second kappa shape index (κ2) is 8.42. The van der Waals surface area contributed by atoms with Crippen molar-refractivity contribution < 1.29 is 19.5 Å². The molecule has 2 aliphatic heterocycles. The molecule has 1 aliphatic carbocycles. The average Bonchev–Trinajstić information content (AvgIpc) is 3.43. The lowest BCUT2D eigenvalue weighted by Gasteiger charge is -2.60. The summed E-state index contributed by atoms with van der Waals surface area (Å²) < 4.78 is 5.44. The fourth-order valence-corrected chi connectivity index (χ4v) is 7.27.